The summed E-state index contributed by atoms with van der Waals surface area (Å²) < 4.78 is 29.9. The van der Waals surface area contributed by atoms with Gasteiger partial charge in [0.1, 0.15) is 0 Å². The highest BCUT2D eigenvalue weighted by Crippen LogP contribution is 2.23. The third kappa shape index (κ3) is 4.77. The number of benzene rings is 2. The van der Waals surface area contributed by atoms with Gasteiger partial charge in [0.15, 0.2) is 5.84 Å². The molecule has 0 radical (unpaired) electrons. The topological polar surface area (TPSA) is 75.9 Å². The van der Waals surface area contributed by atoms with E-state index < -0.39 is 10.0 Å². The molecule has 0 bridgehead atoms. The number of nitrogens with zero attached hydrogens (tertiary/aromatic N) is 2. The van der Waals surface area contributed by atoms with Crippen LogP contribution in [-0.2, 0) is 14.8 Å². The molecule has 0 N–H and O–H groups in total. The first-order valence-corrected chi connectivity index (χ1v) is 10.7. The van der Waals surface area contributed by atoms with Gasteiger partial charge in [0, 0.05) is 5.56 Å². The molecule has 0 aromatic heterocycles. The van der Waals surface area contributed by atoms with Gasteiger partial charge >= 0.3 is 0 Å². The lowest BCUT2D eigenvalue weighted by molar-refractivity contribution is -0.110. The minimum Gasteiger partial charge on any atom is -0.287 e. The maximum Gasteiger partial charge on any atom is 0.284 e. The number of ketones is 1. The summed E-state index contributed by atoms with van der Waals surface area (Å²) in [4.78, 5) is 16.3. The fourth-order valence-corrected chi connectivity index (χ4v) is 4.36. The highest BCUT2D eigenvalue weighted by molar-refractivity contribution is 9.13. The molecule has 0 aliphatic heterocycles. The normalized spacial score (nSPS) is 15.3. The van der Waals surface area contributed by atoms with E-state index in [0.717, 1.165) is 0 Å². The van der Waals surface area contributed by atoms with Crippen LogP contribution in [0.5, 0.6) is 0 Å². The van der Waals surface area contributed by atoms with Gasteiger partial charge in [-0.1, -0.05) is 48.5 Å². The molecule has 2 aromatic rings. The van der Waals surface area contributed by atoms with E-state index in [9.17, 15) is 13.2 Å². The van der Waals surface area contributed by atoms with E-state index in [1.165, 1.54) is 24.3 Å². The van der Waals surface area contributed by atoms with Crippen LogP contribution in [0.1, 0.15) is 5.56 Å². The molecule has 2 aromatic carbocycles. The fourth-order valence-electron chi connectivity index (χ4n) is 2.22. The average molecular weight is 508 g/mol. The van der Waals surface area contributed by atoms with Crippen molar-refractivity contribution in [3.63, 3.8) is 0 Å². The van der Waals surface area contributed by atoms with Gasteiger partial charge in [-0.25, -0.2) is 4.99 Å². The van der Waals surface area contributed by atoms with Gasteiger partial charge in [-0.2, -0.15) is 8.42 Å². The molecular weight excluding hydrogens is 496 g/mol. The lowest BCUT2D eigenvalue weighted by atomic mass is 10.1. The number of hydrogen-bond donors (Lipinski definition) is 0. The van der Waals surface area contributed by atoms with Crippen molar-refractivity contribution in [3.8, 4) is 0 Å². The van der Waals surface area contributed by atoms with Crippen LogP contribution >= 0.6 is 31.9 Å². The zero-order valence-corrected chi connectivity index (χ0v) is 17.7. The molecule has 136 valence electrons. The van der Waals surface area contributed by atoms with Crippen molar-refractivity contribution in [2.45, 2.75) is 4.90 Å². The molecule has 1 aliphatic carbocycles. The van der Waals surface area contributed by atoms with E-state index in [1.807, 2.05) is 6.07 Å². The van der Waals surface area contributed by atoms with Gasteiger partial charge < -0.3 is 0 Å². The molecule has 0 saturated heterocycles. The lowest BCUT2D eigenvalue weighted by Gasteiger charge is -2.08. The Hall–Kier alpha value is -2.16. The predicted octanol–water partition coefficient (Wildman–Crippen LogP) is 4.40. The SMILES string of the molecule is O=C1C(Br)=CC(=N/C(=N\S(=O)(=O)c2ccccc2)c2ccccc2)C=C1Br. The van der Waals surface area contributed by atoms with Crippen LogP contribution in [0.15, 0.2) is 96.1 Å². The van der Waals surface area contributed by atoms with E-state index in [2.05, 4.69) is 41.3 Å². The molecular formula is C19H12Br2N2O3S. The molecule has 27 heavy (non-hydrogen) atoms. The van der Waals surface area contributed by atoms with E-state index in [-0.39, 0.29) is 16.5 Å². The van der Waals surface area contributed by atoms with Crippen molar-refractivity contribution in [1.29, 1.82) is 0 Å². The standard InChI is InChI=1S/C19H12Br2N2O3S/c20-16-11-14(12-17(21)18(16)24)22-19(13-7-3-1-4-8-13)23-27(25,26)15-9-5-2-6-10-15/h1-12H/b23-19-. The Morgan fingerprint density at radius 1 is 0.815 bits per heavy atom. The summed E-state index contributed by atoms with van der Waals surface area (Å²) in [5.74, 6) is -0.194. The number of rotatable bonds is 3. The number of amidine groups is 1. The zero-order valence-electron chi connectivity index (χ0n) is 13.7. The number of hydrogen-bond acceptors (Lipinski definition) is 3. The number of halogens is 2. The first-order chi connectivity index (χ1) is 12.9. The Labute approximate surface area is 173 Å². The summed E-state index contributed by atoms with van der Waals surface area (Å²) >= 11 is 6.36. The van der Waals surface area contributed by atoms with Gasteiger partial charge in [-0.15, -0.1) is 4.40 Å². The molecule has 5 nitrogen and oxygen atoms in total. The maximum absolute atomic E-state index is 12.7. The van der Waals surface area contributed by atoms with Crippen LogP contribution in [0.4, 0.5) is 0 Å². The maximum atomic E-state index is 12.7. The lowest BCUT2D eigenvalue weighted by Crippen LogP contribution is -2.11. The molecule has 1 aliphatic rings. The smallest absolute Gasteiger partial charge is 0.284 e. The Morgan fingerprint density at radius 2 is 1.33 bits per heavy atom. The third-order valence-electron chi connectivity index (χ3n) is 3.50. The number of Topliss-reactive ketones (excluding diaryl/α,β-unsaturated/α-hetero) is 1. The van der Waals surface area contributed by atoms with Gasteiger partial charge in [0.2, 0.25) is 5.78 Å². The highest BCUT2D eigenvalue weighted by atomic mass is 79.9. The highest BCUT2D eigenvalue weighted by Gasteiger charge is 2.19. The molecule has 0 spiro atoms. The Bertz CT molecular complexity index is 1080. The summed E-state index contributed by atoms with van der Waals surface area (Å²) in [6, 6.07) is 16.7. The summed E-state index contributed by atoms with van der Waals surface area (Å²) in [6.07, 6.45) is 3.03. The van der Waals surface area contributed by atoms with Crippen LogP contribution in [0, 0.1) is 0 Å². The van der Waals surface area contributed by atoms with Crippen molar-refractivity contribution in [2.75, 3.05) is 0 Å². The first-order valence-electron chi connectivity index (χ1n) is 7.70. The summed E-state index contributed by atoms with van der Waals surface area (Å²) in [6.45, 7) is 0. The molecule has 3 rings (SSSR count). The molecule has 0 unspecified atom stereocenters. The monoisotopic (exact) mass is 506 g/mol. The molecule has 0 atom stereocenters. The van der Waals surface area contributed by atoms with Crippen LogP contribution in [0.3, 0.4) is 0 Å². The largest absolute Gasteiger partial charge is 0.287 e. The third-order valence-corrected chi connectivity index (χ3v) is 5.96. The average Bonchev–Trinajstić information content (AvgIpc) is 2.67. The predicted molar refractivity (Wildman–Crippen MR) is 113 cm³/mol. The van der Waals surface area contributed by atoms with Gasteiger partial charge in [0.25, 0.3) is 10.0 Å². The Morgan fingerprint density at radius 3 is 1.89 bits per heavy atom. The Balaban J connectivity index is 2.14. The van der Waals surface area contributed by atoms with Gasteiger partial charge in [-0.05, 0) is 56.1 Å². The molecule has 0 fully saturated rings. The second-order valence-electron chi connectivity index (χ2n) is 5.42. The number of aliphatic imine (C=N–C) groups is 1. The number of sulfonamides is 1. The van der Waals surface area contributed by atoms with Crippen LogP contribution in [-0.4, -0.2) is 25.7 Å². The quantitative estimate of drug-likeness (QED) is 0.351. The second kappa shape index (κ2) is 8.24. The van der Waals surface area contributed by atoms with Crippen LogP contribution < -0.4 is 0 Å². The second-order valence-corrected chi connectivity index (χ2v) is 8.73. The van der Waals surface area contributed by atoms with Crippen molar-refractivity contribution in [2.24, 2.45) is 9.39 Å². The van der Waals surface area contributed by atoms with Crippen LogP contribution in [0.2, 0.25) is 0 Å². The van der Waals surface area contributed by atoms with E-state index in [4.69, 9.17) is 0 Å². The van der Waals surface area contributed by atoms with Crippen LogP contribution in [0.25, 0.3) is 0 Å². The summed E-state index contributed by atoms with van der Waals surface area (Å²) in [7, 11) is -3.95. The molecule has 0 heterocycles. The molecule has 0 amide bonds. The van der Waals surface area contributed by atoms with Crippen molar-refractivity contribution in [3.05, 3.63) is 87.3 Å². The number of carbonyl (C=O) groups excluding carboxylic acids is 1. The molecule has 8 heteroatoms. The van der Waals surface area contributed by atoms with E-state index in [1.54, 1.807) is 42.5 Å². The van der Waals surface area contributed by atoms with Gasteiger partial charge in [-0.3, -0.25) is 4.79 Å². The summed E-state index contributed by atoms with van der Waals surface area (Å²) in [5.41, 5.74) is 0.926. The zero-order chi connectivity index (χ0) is 19.4. The fraction of sp³-hybridized carbons (Fsp3) is 0. The van der Waals surface area contributed by atoms with Crippen molar-refractivity contribution >= 4 is 59.2 Å². The molecule has 0 saturated carbocycles. The minimum atomic E-state index is -3.95. The Kier molecular flexibility index (Phi) is 5.98. The van der Waals surface area contributed by atoms with Crippen molar-refractivity contribution < 1.29 is 13.2 Å². The summed E-state index contributed by atoms with van der Waals surface area (Å²) in [5, 5.41) is 0. The minimum absolute atomic E-state index is 0.0249. The van der Waals surface area contributed by atoms with E-state index in [0.29, 0.717) is 20.2 Å². The van der Waals surface area contributed by atoms with Crippen molar-refractivity contribution in [1.82, 2.24) is 0 Å². The number of allylic oxidation sites excluding steroid dienone is 4. The first kappa shape index (κ1) is 19.6. The van der Waals surface area contributed by atoms with Gasteiger partial charge in [0.05, 0.1) is 19.6 Å². The van der Waals surface area contributed by atoms with E-state index >= 15 is 0 Å². The number of carbonyl (C=O) groups is 1.